The van der Waals surface area contributed by atoms with Gasteiger partial charge in [0.15, 0.2) is 12.6 Å². The molecule has 0 aromatic rings. The molecule has 2 heterocycles. The molecule has 0 aromatic carbocycles. The van der Waals surface area contributed by atoms with Gasteiger partial charge in [-0.05, 0) is 24.9 Å². The van der Waals surface area contributed by atoms with Crippen molar-refractivity contribution < 1.29 is 44.2 Å². The van der Waals surface area contributed by atoms with E-state index in [1.54, 1.807) is 12.2 Å². The standard InChI is InChI=1S/C22H41N9O9/c23-4-3-12(33)20(36)29-11-5-10(26)18(39-21-9(25)2-1-8(6-24)37-21)15(30-31-28)19(11)40-22-17(35)14(27)16(34)13(7-32)38-22/h1-2,8-19,21-22,32-35H,3-7,23-27H2,(H,29,36)/t8?,9?,10-,11+,12-,13?,14-,15?,16-,17?,18?,19+,21-,22-/m0/s1. The van der Waals surface area contributed by atoms with Crippen LogP contribution in [0.5, 0.6) is 0 Å². The molecule has 18 nitrogen and oxygen atoms in total. The molecule has 1 amide bonds. The van der Waals surface area contributed by atoms with Crippen LogP contribution in [0.25, 0.3) is 10.4 Å². The number of ether oxygens (including phenoxy) is 4. The Morgan fingerprint density at radius 3 is 2.45 bits per heavy atom. The van der Waals surface area contributed by atoms with Crippen molar-refractivity contribution in [2.75, 3.05) is 19.7 Å². The first-order valence-corrected chi connectivity index (χ1v) is 13.0. The molecule has 2 fully saturated rings. The third-order valence-electron chi connectivity index (χ3n) is 7.20. The molecule has 40 heavy (non-hydrogen) atoms. The number of rotatable bonds is 11. The molecule has 15 N–H and O–H groups in total. The number of hydrogen-bond acceptors (Lipinski definition) is 15. The highest BCUT2D eigenvalue weighted by Gasteiger charge is 2.51. The molecule has 3 rings (SSSR count). The van der Waals surface area contributed by atoms with Crippen LogP contribution in [0.1, 0.15) is 12.8 Å². The lowest BCUT2D eigenvalue weighted by Gasteiger charge is -2.48. The number of carbonyl (C=O) groups is 1. The van der Waals surface area contributed by atoms with Gasteiger partial charge in [0.25, 0.3) is 0 Å². The predicted molar refractivity (Wildman–Crippen MR) is 137 cm³/mol. The number of nitrogens with two attached hydrogens (primary N) is 5. The highest BCUT2D eigenvalue weighted by atomic mass is 16.7. The molecule has 0 radical (unpaired) electrons. The van der Waals surface area contributed by atoms with Gasteiger partial charge in [-0.1, -0.05) is 17.3 Å². The summed E-state index contributed by atoms with van der Waals surface area (Å²) in [6.07, 6.45) is -7.69. The number of azide groups is 1. The Balaban J connectivity index is 1.93. The Labute approximate surface area is 230 Å². The van der Waals surface area contributed by atoms with E-state index in [9.17, 15) is 30.8 Å². The summed E-state index contributed by atoms with van der Waals surface area (Å²) in [7, 11) is 0. The monoisotopic (exact) mass is 575 g/mol. The number of hydrogen-bond donors (Lipinski definition) is 10. The summed E-state index contributed by atoms with van der Waals surface area (Å²) < 4.78 is 23.5. The molecule has 14 atom stereocenters. The zero-order valence-corrected chi connectivity index (χ0v) is 21.8. The van der Waals surface area contributed by atoms with Gasteiger partial charge in [-0.3, -0.25) is 4.79 Å². The number of nitrogens with one attached hydrogen (secondary N) is 1. The Kier molecular flexibility index (Phi) is 12.0. The van der Waals surface area contributed by atoms with Crippen molar-refractivity contribution in [3.63, 3.8) is 0 Å². The van der Waals surface area contributed by atoms with E-state index in [0.717, 1.165) is 0 Å². The largest absolute Gasteiger partial charge is 0.394 e. The first-order valence-electron chi connectivity index (χ1n) is 13.0. The summed E-state index contributed by atoms with van der Waals surface area (Å²) in [5, 5.41) is 47.1. The molecular formula is C22H41N9O9. The Morgan fingerprint density at radius 1 is 1.12 bits per heavy atom. The summed E-state index contributed by atoms with van der Waals surface area (Å²) in [6, 6.07) is -5.08. The molecule has 0 spiro atoms. The van der Waals surface area contributed by atoms with Gasteiger partial charge >= 0.3 is 0 Å². The normalized spacial score (nSPS) is 42.6. The first kappa shape index (κ1) is 32.5. The zero-order valence-electron chi connectivity index (χ0n) is 21.8. The minimum Gasteiger partial charge on any atom is -0.394 e. The van der Waals surface area contributed by atoms with Crippen LogP contribution < -0.4 is 34.0 Å². The van der Waals surface area contributed by atoms with Gasteiger partial charge in [-0.2, -0.15) is 0 Å². The van der Waals surface area contributed by atoms with Gasteiger partial charge in [0.05, 0.1) is 49.1 Å². The number of carbonyl (C=O) groups excluding carboxylic acids is 1. The van der Waals surface area contributed by atoms with Crippen molar-refractivity contribution in [2.45, 2.75) is 98.4 Å². The summed E-state index contributed by atoms with van der Waals surface area (Å²) in [5.41, 5.74) is 39.1. The second-order valence-electron chi connectivity index (χ2n) is 10.0. The van der Waals surface area contributed by atoms with Crippen LogP contribution in [0.3, 0.4) is 0 Å². The summed E-state index contributed by atoms with van der Waals surface area (Å²) >= 11 is 0. The van der Waals surface area contributed by atoms with E-state index in [1.807, 2.05) is 0 Å². The maximum absolute atomic E-state index is 12.7. The van der Waals surface area contributed by atoms with E-state index in [0.29, 0.717) is 0 Å². The van der Waals surface area contributed by atoms with E-state index in [2.05, 4.69) is 15.3 Å². The van der Waals surface area contributed by atoms with Crippen LogP contribution in [0.15, 0.2) is 17.3 Å². The molecule has 1 aliphatic carbocycles. The van der Waals surface area contributed by atoms with Crippen molar-refractivity contribution in [1.29, 1.82) is 0 Å². The van der Waals surface area contributed by atoms with Crippen molar-refractivity contribution in [3.05, 3.63) is 22.6 Å². The predicted octanol–water partition coefficient (Wildman–Crippen LogP) is -5.31. The lowest BCUT2D eigenvalue weighted by molar-refractivity contribution is -0.300. The van der Waals surface area contributed by atoms with Crippen molar-refractivity contribution in [3.8, 4) is 0 Å². The second-order valence-corrected chi connectivity index (χ2v) is 10.0. The van der Waals surface area contributed by atoms with Crippen LogP contribution >= 0.6 is 0 Å². The van der Waals surface area contributed by atoms with Crippen molar-refractivity contribution >= 4 is 5.91 Å². The Bertz CT molecular complexity index is 911. The third-order valence-corrected chi connectivity index (χ3v) is 7.20. The molecule has 2 aliphatic heterocycles. The van der Waals surface area contributed by atoms with Crippen LogP contribution in [0.2, 0.25) is 0 Å². The molecule has 1 saturated carbocycles. The van der Waals surface area contributed by atoms with Gasteiger partial charge in [0.2, 0.25) is 5.91 Å². The molecule has 18 heteroatoms. The van der Waals surface area contributed by atoms with Crippen LogP contribution in [0, 0.1) is 0 Å². The highest BCUT2D eigenvalue weighted by molar-refractivity contribution is 5.80. The molecule has 3 aliphatic rings. The quantitative estimate of drug-likeness (QED) is 0.0476. The number of amides is 1. The average molecular weight is 576 g/mol. The Hall–Kier alpha value is -2.00. The van der Waals surface area contributed by atoms with E-state index in [4.69, 9.17) is 47.6 Å². The summed E-state index contributed by atoms with van der Waals surface area (Å²) in [6.45, 7) is -0.443. The minimum absolute atomic E-state index is 0.00704. The fourth-order valence-electron chi connectivity index (χ4n) is 4.94. The van der Waals surface area contributed by atoms with E-state index < -0.39 is 98.0 Å². The van der Waals surface area contributed by atoms with Crippen LogP contribution in [-0.4, -0.2) is 132 Å². The maximum atomic E-state index is 12.7. The first-order chi connectivity index (χ1) is 19.1. The van der Waals surface area contributed by atoms with Crippen molar-refractivity contribution in [2.24, 2.45) is 33.8 Å². The third kappa shape index (κ3) is 7.44. The fraction of sp³-hybridized carbons (Fsp3) is 0.864. The van der Waals surface area contributed by atoms with Crippen LogP contribution in [0.4, 0.5) is 0 Å². The van der Waals surface area contributed by atoms with Crippen molar-refractivity contribution in [1.82, 2.24) is 5.32 Å². The minimum atomic E-state index is -1.58. The lowest BCUT2D eigenvalue weighted by atomic mass is 9.82. The molecule has 228 valence electrons. The van der Waals surface area contributed by atoms with Gasteiger partial charge in [0.1, 0.15) is 24.4 Å². The molecule has 0 bridgehead atoms. The highest BCUT2D eigenvalue weighted by Crippen LogP contribution is 2.32. The van der Waals surface area contributed by atoms with E-state index >= 15 is 0 Å². The van der Waals surface area contributed by atoms with Gasteiger partial charge in [0, 0.05) is 17.5 Å². The van der Waals surface area contributed by atoms with Gasteiger partial charge < -0.3 is 73.4 Å². The average Bonchev–Trinajstić information content (AvgIpc) is 2.93. The number of nitrogens with zero attached hydrogens (tertiary/aromatic N) is 3. The topological polar surface area (TPSA) is 326 Å². The number of aliphatic hydroxyl groups excluding tert-OH is 4. The molecular weight excluding hydrogens is 534 g/mol. The zero-order chi connectivity index (χ0) is 29.6. The van der Waals surface area contributed by atoms with Gasteiger partial charge in [-0.25, -0.2) is 0 Å². The maximum Gasteiger partial charge on any atom is 0.249 e. The molecule has 1 saturated heterocycles. The van der Waals surface area contributed by atoms with Crippen LogP contribution in [-0.2, 0) is 23.7 Å². The van der Waals surface area contributed by atoms with E-state index in [-0.39, 0.29) is 25.9 Å². The second kappa shape index (κ2) is 14.8. The van der Waals surface area contributed by atoms with E-state index in [1.165, 1.54) is 0 Å². The smallest absolute Gasteiger partial charge is 0.249 e. The fourth-order valence-corrected chi connectivity index (χ4v) is 4.94. The summed E-state index contributed by atoms with van der Waals surface area (Å²) in [4.78, 5) is 15.6. The SMILES string of the molecule is [N-]=[N+]=NC1C(O[C@@H]2OC(CN)C=CC2N)[C@@H](N)C[C@@H](NC(=O)[C@@H](O)CCN)[C@H]1O[C@@H]1OC(CO)[C@H](O)[C@H](N)C1O. The lowest BCUT2D eigenvalue weighted by Crippen LogP contribution is -2.68. The Morgan fingerprint density at radius 2 is 1.82 bits per heavy atom. The number of aliphatic hydroxyl groups is 4. The molecule has 6 unspecified atom stereocenters. The summed E-state index contributed by atoms with van der Waals surface area (Å²) in [5.74, 6) is -0.783. The molecule has 0 aromatic heterocycles. The van der Waals surface area contributed by atoms with Gasteiger partial charge in [-0.15, -0.1) is 0 Å².